The van der Waals surface area contributed by atoms with E-state index in [1.165, 1.54) is 148 Å². The van der Waals surface area contributed by atoms with Crippen LogP contribution >= 0.6 is 0 Å². The number of esters is 2. The quantitative estimate of drug-likeness (QED) is 0.0195. The second kappa shape index (κ2) is 71.0. The predicted molar refractivity (Wildman–Crippen MR) is 389 cm³/mol. The van der Waals surface area contributed by atoms with Crippen molar-refractivity contribution < 1.29 is 42.9 Å². The van der Waals surface area contributed by atoms with E-state index >= 15 is 0 Å². The van der Waals surface area contributed by atoms with E-state index in [1.54, 1.807) is 0 Å². The molecular weight excluding hydrogens is 1130 g/mol. The zero-order valence-corrected chi connectivity index (χ0v) is 59.2. The third kappa shape index (κ3) is 72.5. The highest BCUT2D eigenvalue weighted by Crippen LogP contribution is 2.17. The Hall–Kier alpha value is -4.83. The number of hydrogen-bond donors (Lipinski definition) is 0. The maximum absolute atomic E-state index is 13.0. The summed E-state index contributed by atoms with van der Waals surface area (Å²) >= 11 is 0. The third-order valence-corrected chi connectivity index (χ3v) is 15.6. The maximum Gasteiger partial charge on any atom is 0.306 e. The van der Waals surface area contributed by atoms with Crippen molar-refractivity contribution in [2.75, 3.05) is 47.5 Å². The van der Waals surface area contributed by atoms with Crippen LogP contribution in [0.15, 0.2) is 146 Å². The van der Waals surface area contributed by atoms with E-state index in [4.69, 9.17) is 18.9 Å². The van der Waals surface area contributed by atoms with Crippen LogP contribution in [0.1, 0.15) is 296 Å². The first-order valence-corrected chi connectivity index (χ1v) is 37.0. The molecule has 0 aliphatic rings. The molecule has 0 aliphatic carbocycles. The number of carbonyl (C=O) groups is 3. The molecule has 2 unspecified atom stereocenters. The van der Waals surface area contributed by atoms with Gasteiger partial charge < -0.3 is 33.3 Å². The van der Waals surface area contributed by atoms with E-state index in [2.05, 4.69) is 160 Å². The second-order valence-electron chi connectivity index (χ2n) is 25.5. The number of unbranched alkanes of at least 4 members (excludes halogenated alkanes) is 28. The minimum atomic E-state index is -1.63. The molecule has 0 aromatic heterocycles. The molecule has 518 valence electrons. The third-order valence-electron chi connectivity index (χ3n) is 15.6. The average molecular weight is 1260 g/mol. The lowest BCUT2D eigenvalue weighted by Crippen LogP contribution is -2.44. The Morgan fingerprint density at radius 3 is 0.879 bits per heavy atom. The Morgan fingerprint density at radius 2 is 0.593 bits per heavy atom. The molecule has 0 saturated carbocycles. The number of likely N-dealkylation sites (N-methyl/N-ethyl adjacent to an activating group) is 1. The fourth-order valence-electron chi connectivity index (χ4n) is 10.0. The highest BCUT2D eigenvalue weighted by molar-refractivity contribution is 5.70. The lowest BCUT2D eigenvalue weighted by atomic mass is 10.0. The van der Waals surface area contributed by atoms with Crippen molar-refractivity contribution in [2.24, 2.45) is 0 Å². The highest BCUT2D eigenvalue weighted by atomic mass is 16.7. The molecule has 0 fully saturated rings. The van der Waals surface area contributed by atoms with Gasteiger partial charge in [-0.2, -0.15) is 0 Å². The lowest BCUT2D eigenvalue weighted by molar-refractivity contribution is -0.870. The van der Waals surface area contributed by atoms with Crippen LogP contribution in [0, 0.1) is 0 Å². The number of allylic oxidation sites excluding steroid dienone is 24. The van der Waals surface area contributed by atoms with E-state index < -0.39 is 24.3 Å². The summed E-state index contributed by atoms with van der Waals surface area (Å²) in [5, 5.41) is 11.8. The minimum Gasteiger partial charge on any atom is -0.545 e. The van der Waals surface area contributed by atoms with Crippen LogP contribution in [-0.2, 0) is 33.3 Å². The van der Waals surface area contributed by atoms with Crippen molar-refractivity contribution in [3.8, 4) is 0 Å². The Kier molecular flexibility index (Phi) is 67.3. The monoisotopic (exact) mass is 1260 g/mol. The number of hydrogen-bond acceptors (Lipinski definition) is 8. The van der Waals surface area contributed by atoms with E-state index in [1.807, 2.05) is 21.1 Å². The summed E-state index contributed by atoms with van der Waals surface area (Å²) in [4.78, 5) is 37.5. The van der Waals surface area contributed by atoms with Gasteiger partial charge in [0.25, 0.3) is 0 Å². The van der Waals surface area contributed by atoms with Crippen LogP contribution in [0.2, 0.25) is 0 Å². The summed E-state index contributed by atoms with van der Waals surface area (Å²) in [6.45, 7) is 4.53. The molecule has 0 bridgehead atoms. The normalized spacial score (nSPS) is 13.5. The second-order valence-corrected chi connectivity index (χ2v) is 25.5. The van der Waals surface area contributed by atoms with Gasteiger partial charge in [-0.3, -0.25) is 9.59 Å². The fourth-order valence-corrected chi connectivity index (χ4v) is 10.0. The molecule has 0 rings (SSSR count). The predicted octanol–water partition coefficient (Wildman–Crippen LogP) is 22.1. The number of carbonyl (C=O) groups excluding carboxylic acids is 3. The van der Waals surface area contributed by atoms with Crippen LogP contribution in [0.4, 0.5) is 0 Å². The Balaban J connectivity index is 4.07. The zero-order valence-electron chi connectivity index (χ0n) is 59.2. The highest BCUT2D eigenvalue weighted by Gasteiger charge is 2.22. The molecule has 0 radical (unpaired) electrons. The van der Waals surface area contributed by atoms with Gasteiger partial charge in [0.2, 0.25) is 0 Å². The standard InChI is InChI=1S/C82H137NO8/c1-6-8-10-12-14-16-18-20-22-24-26-28-30-32-33-34-35-36-37-38-39-40-41-42-43-44-45-46-47-49-51-53-55-57-59-61-63-65-67-69-71-73-80(85)91-78(77-90-82(81(86)87)88-75-74-83(3,4)5)76-89-79(84)72-70-68-66-64-62-60-58-56-54-52-50-48-31-29-27-25-23-21-19-17-15-13-11-9-7-2/h8-11,14-17,20-23,26-29,32-33,35-36,38-39,41-42,78,82H,6-7,12-13,18-19,24-25,30-31,34,37,40,43-77H2,1-5H3/b10-8-,11-9-,16-14-,17-15-,22-20-,23-21-,28-26-,29-27-,33-32-,36-35-,39-38-,42-41-. The van der Waals surface area contributed by atoms with Crippen LogP contribution in [0.3, 0.4) is 0 Å². The first-order valence-electron chi connectivity index (χ1n) is 37.0. The van der Waals surface area contributed by atoms with Crippen LogP contribution in [0.5, 0.6) is 0 Å². The van der Waals surface area contributed by atoms with Gasteiger partial charge in [-0.1, -0.05) is 314 Å². The smallest absolute Gasteiger partial charge is 0.306 e. The zero-order chi connectivity index (χ0) is 66.1. The molecule has 0 spiro atoms. The topological polar surface area (TPSA) is 111 Å². The number of carboxylic acid groups (broad SMARTS) is 1. The Labute approximate surface area is 560 Å². The summed E-state index contributed by atoms with van der Waals surface area (Å²) in [6, 6.07) is 0. The number of aliphatic carboxylic acids is 1. The number of rotatable bonds is 67. The van der Waals surface area contributed by atoms with Gasteiger partial charge in [-0.15, -0.1) is 0 Å². The van der Waals surface area contributed by atoms with Gasteiger partial charge in [0, 0.05) is 12.8 Å². The molecule has 0 saturated heterocycles. The maximum atomic E-state index is 13.0. The molecule has 9 nitrogen and oxygen atoms in total. The molecule has 0 aromatic carbocycles. The molecule has 0 N–H and O–H groups in total. The summed E-state index contributed by atoms with van der Waals surface area (Å²) in [5.41, 5.74) is 0. The van der Waals surface area contributed by atoms with Crippen molar-refractivity contribution in [3.63, 3.8) is 0 Å². The molecule has 0 heterocycles. The molecule has 2 atom stereocenters. The first-order chi connectivity index (χ1) is 44.6. The SMILES string of the molecule is CC/C=C\C/C=C\C/C=C\C/C=C\C/C=C\C/C=C\C/C=C\C/C=C\CCCCCCCCCCCCCCCCCCC(=O)OC(COC(=O)CCCCCCCCCCCCCC/C=C\C/C=C\C/C=C\C/C=C\CC)COC(OCC[N+](C)(C)C)C(=O)[O-]. The molecule has 91 heavy (non-hydrogen) atoms. The summed E-state index contributed by atoms with van der Waals surface area (Å²) < 4.78 is 22.8. The number of quaternary nitrogens is 1. The Morgan fingerprint density at radius 1 is 0.330 bits per heavy atom. The van der Waals surface area contributed by atoms with Crippen LogP contribution < -0.4 is 5.11 Å². The molecule has 0 aliphatic heterocycles. The molecule has 9 heteroatoms. The minimum absolute atomic E-state index is 0.143. The molecule has 0 amide bonds. The fraction of sp³-hybridized carbons (Fsp3) is 0.671. The van der Waals surface area contributed by atoms with Gasteiger partial charge in [-0.25, -0.2) is 0 Å². The number of nitrogens with zero attached hydrogens (tertiary/aromatic N) is 1. The van der Waals surface area contributed by atoms with Gasteiger partial charge in [-0.05, 0) is 116 Å². The summed E-state index contributed by atoms with van der Waals surface area (Å²) in [6.07, 6.45) is 101. The number of carboxylic acids is 1. The molecule has 0 aromatic rings. The van der Waals surface area contributed by atoms with E-state index in [0.717, 1.165) is 116 Å². The van der Waals surface area contributed by atoms with E-state index in [-0.39, 0.29) is 38.6 Å². The largest absolute Gasteiger partial charge is 0.545 e. The van der Waals surface area contributed by atoms with Crippen LogP contribution in [-0.4, -0.2) is 82.3 Å². The lowest BCUT2D eigenvalue weighted by Gasteiger charge is -2.26. The van der Waals surface area contributed by atoms with Gasteiger partial charge in [0.15, 0.2) is 12.4 Å². The van der Waals surface area contributed by atoms with Gasteiger partial charge >= 0.3 is 11.9 Å². The first kappa shape index (κ1) is 86.2. The van der Waals surface area contributed by atoms with Crippen LogP contribution in [0.25, 0.3) is 0 Å². The van der Waals surface area contributed by atoms with Crippen molar-refractivity contribution in [3.05, 3.63) is 146 Å². The van der Waals surface area contributed by atoms with Crippen molar-refractivity contribution >= 4 is 17.9 Å². The van der Waals surface area contributed by atoms with Gasteiger partial charge in [0.05, 0.1) is 40.3 Å². The van der Waals surface area contributed by atoms with E-state index in [9.17, 15) is 19.5 Å². The Bertz CT molecular complexity index is 2010. The van der Waals surface area contributed by atoms with Crippen molar-refractivity contribution in [2.45, 2.75) is 309 Å². The van der Waals surface area contributed by atoms with Gasteiger partial charge in [0.1, 0.15) is 13.2 Å². The number of ether oxygens (including phenoxy) is 4. The summed E-state index contributed by atoms with van der Waals surface area (Å²) in [7, 11) is 5.93. The van der Waals surface area contributed by atoms with E-state index in [0.29, 0.717) is 17.4 Å². The summed E-state index contributed by atoms with van der Waals surface area (Å²) in [5.74, 6) is -2.28. The average Bonchev–Trinajstić information content (AvgIpc) is 3.53. The van der Waals surface area contributed by atoms with Crippen molar-refractivity contribution in [1.29, 1.82) is 0 Å². The molecular formula is C82H137NO8. The van der Waals surface area contributed by atoms with Crippen molar-refractivity contribution in [1.82, 2.24) is 0 Å².